The van der Waals surface area contributed by atoms with Crippen LogP contribution in [-0.2, 0) is 6.18 Å². The van der Waals surface area contributed by atoms with Gasteiger partial charge < -0.3 is 14.4 Å². The van der Waals surface area contributed by atoms with Crippen molar-refractivity contribution in [2.24, 2.45) is 0 Å². The van der Waals surface area contributed by atoms with Gasteiger partial charge in [-0.3, -0.25) is 0 Å². The first-order valence-corrected chi connectivity index (χ1v) is 12.4. The van der Waals surface area contributed by atoms with Crippen LogP contribution in [-0.4, -0.2) is 48.5 Å². The zero-order valence-electron chi connectivity index (χ0n) is 19.6. The first-order chi connectivity index (χ1) is 16.8. The highest BCUT2D eigenvalue weighted by Gasteiger charge is 2.30. The predicted octanol–water partition coefficient (Wildman–Crippen LogP) is 6.90. The number of aryl methyl sites for hydroxylation is 1. The molecule has 1 aliphatic rings. The normalized spacial score (nSPS) is 15.2. The fourth-order valence-corrected chi connectivity index (χ4v) is 4.62. The Morgan fingerprint density at radius 1 is 0.771 bits per heavy atom. The number of benzene rings is 3. The molecule has 0 bridgehead atoms. The van der Waals surface area contributed by atoms with Crippen LogP contribution in [0.25, 0.3) is 0 Å². The van der Waals surface area contributed by atoms with Crippen molar-refractivity contribution < 1.29 is 22.6 Å². The summed E-state index contributed by atoms with van der Waals surface area (Å²) in [4.78, 5) is 3.75. The van der Waals surface area contributed by atoms with Gasteiger partial charge >= 0.3 is 6.18 Å². The van der Waals surface area contributed by atoms with Crippen molar-refractivity contribution in [1.29, 1.82) is 0 Å². The summed E-state index contributed by atoms with van der Waals surface area (Å²) < 4.78 is 51.9. The smallest absolute Gasteiger partial charge is 0.416 e. The summed E-state index contributed by atoms with van der Waals surface area (Å²) in [5.41, 5.74) is 0.584. The van der Waals surface area contributed by atoms with Gasteiger partial charge in [-0.2, -0.15) is 13.2 Å². The predicted molar refractivity (Wildman–Crippen MR) is 133 cm³/mol. The van der Waals surface area contributed by atoms with E-state index >= 15 is 0 Å². The van der Waals surface area contributed by atoms with Gasteiger partial charge in [0.2, 0.25) is 0 Å². The molecular formula is C27H29F3N2O2S. The summed E-state index contributed by atoms with van der Waals surface area (Å²) in [6.07, 6.45) is -3.42. The molecule has 8 heteroatoms. The van der Waals surface area contributed by atoms with Gasteiger partial charge in [-0.05, 0) is 86.0 Å². The molecule has 4 rings (SSSR count). The number of rotatable bonds is 9. The molecule has 1 heterocycles. The van der Waals surface area contributed by atoms with E-state index in [1.165, 1.54) is 22.6 Å². The fourth-order valence-electron chi connectivity index (χ4n) is 3.72. The van der Waals surface area contributed by atoms with E-state index in [2.05, 4.69) is 40.4 Å². The summed E-state index contributed by atoms with van der Waals surface area (Å²) in [6.45, 7) is 7.91. The molecule has 4 nitrogen and oxygen atoms in total. The van der Waals surface area contributed by atoms with Crippen molar-refractivity contribution in [3.05, 3.63) is 83.9 Å². The molecule has 35 heavy (non-hydrogen) atoms. The number of halogens is 3. The van der Waals surface area contributed by atoms with Crippen LogP contribution in [0.1, 0.15) is 17.5 Å². The van der Waals surface area contributed by atoms with Crippen LogP contribution < -0.4 is 9.47 Å². The van der Waals surface area contributed by atoms with E-state index in [0.717, 1.165) is 57.0 Å². The van der Waals surface area contributed by atoms with Crippen molar-refractivity contribution >= 4 is 11.9 Å². The number of alkyl halides is 3. The minimum atomic E-state index is -4.35. The molecule has 0 unspecified atom stereocenters. The maximum Gasteiger partial charge on any atom is 0.416 e. The van der Waals surface area contributed by atoms with Crippen LogP contribution in [0.4, 0.5) is 13.2 Å². The van der Waals surface area contributed by atoms with E-state index < -0.39 is 11.7 Å². The molecule has 1 fully saturated rings. The highest BCUT2D eigenvalue weighted by Crippen LogP contribution is 2.31. The van der Waals surface area contributed by atoms with E-state index in [9.17, 15) is 13.2 Å². The largest absolute Gasteiger partial charge is 0.494 e. The van der Waals surface area contributed by atoms with Crippen LogP contribution in [0.2, 0.25) is 0 Å². The third kappa shape index (κ3) is 7.92. The van der Waals surface area contributed by atoms with Crippen LogP contribution in [0, 0.1) is 6.92 Å². The minimum absolute atomic E-state index is 0.351. The van der Waals surface area contributed by atoms with E-state index in [1.54, 1.807) is 24.3 Å². The van der Waals surface area contributed by atoms with Crippen molar-refractivity contribution in [1.82, 2.24) is 9.21 Å². The fraction of sp³-hybridized carbons (Fsp3) is 0.333. The number of nitrogens with zero attached hydrogens (tertiary/aromatic N) is 2. The number of hydrogen-bond acceptors (Lipinski definition) is 5. The van der Waals surface area contributed by atoms with Gasteiger partial charge in [0.05, 0.1) is 12.2 Å². The molecule has 0 atom stereocenters. The Kier molecular flexibility index (Phi) is 8.59. The molecule has 0 amide bonds. The molecule has 3 aromatic carbocycles. The molecule has 0 aliphatic carbocycles. The average Bonchev–Trinajstić information content (AvgIpc) is 2.85. The number of piperazine rings is 1. The van der Waals surface area contributed by atoms with Crippen LogP contribution in [0.3, 0.4) is 0 Å². The Morgan fingerprint density at radius 3 is 1.94 bits per heavy atom. The Morgan fingerprint density at radius 2 is 1.34 bits per heavy atom. The first kappa shape index (κ1) is 25.4. The molecule has 0 N–H and O–H groups in total. The van der Waals surface area contributed by atoms with Crippen molar-refractivity contribution in [2.45, 2.75) is 24.4 Å². The summed E-state index contributed by atoms with van der Waals surface area (Å²) in [6, 6.07) is 20.4. The van der Waals surface area contributed by atoms with Crippen LogP contribution in [0.15, 0.2) is 77.7 Å². The second kappa shape index (κ2) is 11.8. The lowest BCUT2D eigenvalue weighted by molar-refractivity contribution is -0.137. The summed E-state index contributed by atoms with van der Waals surface area (Å²) in [7, 11) is 0. The second-order valence-corrected chi connectivity index (χ2v) is 9.64. The average molecular weight is 503 g/mol. The second-order valence-electron chi connectivity index (χ2n) is 8.47. The first-order valence-electron chi connectivity index (χ1n) is 11.6. The van der Waals surface area contributed by atoms with Gasteiger partial charge in [-0.15, -0.1) is 0 Å². The van der Waals surface area contributed by atoms with Gasteiger partial charge in [0.25, 0.3) is 0 Å². The highest BCUT2D eigenvalue weighted by atomic mass is 32.2. The molecule has 0 saturated carbocycles. The Balaban J connectivity index is 1.12. The molecule has 186 valence electrons. The highest BCUT2D eigenvalue weighted by molar-refractivity contribution is 7.97. The quantitative estimate of drug-likeness (QED) is 0.234. The monoisotopic (exact) mass is 502 g/mol. The molecule has 1 saturated heterocycles. The number of ether oxygens (including phenoxy) is 2. The third-order valence-electron chi connectivity index (χ3n) is 5.72. The van der Waals surface area contributed by atoms with E-state index in [1.807, 2.05) is 11.9 Å². The van der Waals surface area contributed by atoms with Crippen LogP contribution in [0.5, 0.6) is 17.2 Å². The van der Waals surface area contributed by atoms with E-state index in [-0.39, 0.29) is 0 Å². The topological polar surface area (TPSA) is 24.9 Å². The van der Waals surface area contributed by atoms with Crippen molar-refractivity contribution in [3.63, 3.8) is 0 Å². The molecule has 0 aromatic heterocycles. The van der Waals surface area contributed by atoms with Gasteiger partial charge in [0.15, 0.2) is 0 Å². The number of hydrogen-bond donors (Lipinski definition) is 0. The lowest BCUT2D eigenvalue weighted by Gasteiger charge is -2.33. The summed E-state index contributed by atoms with van der Waals surface area (Å²) >= 11 is 1.83. The van der Waals surface area contributed by atoms with Crippen LogP contribution >= 0.6 is 11.9 Å². The van der Waals surface area contributed by atoms with Gasteiger partial charge in [-0.1, -0.05) is 17.7 Å². The SMILES string of the molecule is Cc1ccc(SN2CCN(CCCOc3ccc(Oc4ccc(C(F)(F)F)cc4)cc3)CC2)cc1. The van der Waals surface area contributed by atoms with E-state index in [4.69, 9.17) is 9.47 Å². The van der Waals surface area contributed by atoms with Crippen molar-refractivity contribution in [3.8, 4) is 17.2 Å². The Hall–Kier alpha value is -2.68. The van der Waals surface area contributed by atoms with E-state index in [0.29, 0.717) is 18.1 Å². The Bertz CT molecular complexity index is 1050. The lowest BCUT2D eigenvalue weighted by atomic mass is 10.2. The minimum Gasteiger partial charge on any atom is -0.494 e. The molecule has 3 aromatic rings. The Labute approximate surface area is 208 Å². The van der Waals surface area contributed by atoms with Crippen molar-refractivity contribution in [2.75, 3.05) is 39.3 Å². The molecule has 1 aliphatic heterocycles. The molecule has 0 radical (unpaired) electrons. The lowest BCUT2D eigenvalue weighted by Crippen LogP contribution is -2.43. The summed E-state index contributed by atoms with van der Waals surface area (Å²) in [5.74, 6) is 1.63. The van der Waals surface area contributed by atoms with Gasteiger partial charge in [0.1, 0.15) is 17.2 Å². The maximum atomic E-state index is 12.7. The standard InChI is InChI=1S/C27H29F3N2O2S/c1-21-3-13-26(14-4-21)35-32-18-16-31(17-19-32)15-2-20-33-23-9-11-25(12-10-23)34-24-7-5-22(6-8-24)27(28,29)30/h3-14H,2,15-20H2,1H3. The maximum absolute atomic E-state index is 12.7. The molecular weight excluding hydrogens is 473 g/mol. The third-order valence-corrected chi connectivity index (χ3v) is 6.82. The van der Waals surface area contributed by atoms with Gasteiger partial charge in [0, 0.05) is 37.6 Å². The van der Waals surface area contributed by atoms with Gasteiger partial charge in [-0.25, -0.2) is 4.31 Å². The molecule has 0 spiro atoms. The zero-order chi connectivity index (χ0) is 24.7. The zero-order valence-corrected chi connectivity index (χ0v) is 20.4. The summed E-state index contributed by atoms with van der Waals surface area (Å²) in [5, 5.41) is 0.